The Bertz CT molecular complexity index is 444. The van der Waals surface area contributed by atoms with Crippen molar-refractivity contribution in [3.63, 3.8) is 0 Å². The number of carboxylic acids is 1. The van der Waals surface area contributed by atoms with E-state index in [-0.39, 0.29) is 12.5 Å². The number of aromatic nitrogens is 2. The molecule has 0 saturated carbocycles. The zero-order valence-corrected chi connectivity index (χ0v) is 11.2. The molecule has 0 aliphatic rings. The first-order valence-electron chi connectivity index (χ1n) is 6.23. The summed E-state index contributed by atoms with van der Waals surface area (Å²) in [6.45, 7) is 5.07. The minimum Gasteiger partial charge on any atom is -0.481 e. The molecule has 0 aromatic carbocycles. The van der Waals surface area contributed by atoms with Gasteiger partial charge >= 0.3 is 5.97 Å². The van der Waals surface area contributed by atoms with Crippen molar-refractivity contribution in [2.75, 3.05) is 19.6 Å². The van der Waals surface area contributed by atoms with Gasteiger partial charge in [-0.2, -0.15) is 0 Å². The summed E-state index contributed by atoms with van der Waals surface area (Å²) in [5, 5.41) is 8.88. The van der Waals surface area contributed by atoms with Gasteiger partial charge in [0, 0.05) is 32.4 Å². The lowest BCUT2D eigenvalue weighted by atomic mass is 10.1. The highest BCUT2D eigenvalue weighted by Gasteiger charge is 2.21. The molecule has 1 unspecified atom stereocenters. The smallest absolute Gasteiger partial charge is 0.308 e. The molecular weight excluding hydrogens is 248 g/mol. The minimum absolute atomic E-state index is 0.175. The Kier molecular flexibility index (Phi) is 5.50. The number of amides is 1. The van der Waals surface area contributed by atoms with Crippen LogP contribution in [0.25, 0.3) is 0 Å². The van der Waals surface area contributed by atoms with Crippen LogP contribution in [0.4, 0.5) is 0 Å². The van der Waals surface area contributed by atoms with Gasteiger partial charge in [0.2, 0.25) is 0 Å². The maximum atomic E-state index is 12.2. The zero-order chi connectivity index (χ0) is 14.4. The zero-order valence-electron chi connectivity index (χ0n) is 11.2. The lowest BCUT2D eigenvalue weighted by Gasteiger charge is -2.21. The molecule has 0 radical (unpaired) electrons. The van der Waals surface area contributed by atoms with Gasteiger partial charge in [0.1, 0.15) is 5.69 Å². The Morgan fingerprint density at radius 1 is 1.58 bits per heavy atom. The van der Waals surface area contributed by atoms with Gasteiger partial charge < -0.3 is 20.3 Å². The Morgan fingerprint density at radius 3 is 2.79 bits per heavy atom. The van der Waals surface area contributed by atoms with Gasteiger partial charge in [-0.25, -0.2) is 4.98 Å². The second-order valence-electron chi connectivity index (χ2n) is 4.37. The number of rotatable bonds is 7. The number of nitrogens with zero attached hydrogens (tertiary/aromatic N) is 3. The average molecular weight is 268 g/mol. The molecule has 19 heavy (non-hydrogen) atoms. The number of carbonyl (C=O) groups is 2. The standard InChI is InChI=1S/C12H20N4O3/c1-3-16(6-9(2)12(18)19)11(17)10-7-15(5-4-13)8-14-10/h7-9H,3-6,13H2,1-2H3,(H,18,19). The van der Waals surface area contributed by atoms with Crippen LogP contribution in [-0.4, -0.2) is 51.1 Å². The third-order valence-corrected chi connectivity index (χ3v) is 2.82. The maximum absolute atomic E-state index is 12.2. The molecular formula is C12H20N4O3. The number of aliphatic carboxylic acids is 1. The highest BCUT2D eigenvalue weighted by molar-refractivity contribution is 5.92. The van der Waals surface area contributed by atoms with Crippen LogP contribution in [0.3, 0.4) is 0 Å². The number of nitrogens with two attached hydrogens (primary N) is 1. The van der Waals surface area contributed by atoms with Crippen molar-refractivity contribution in [1.82, 2.24) is 14.5 Å². The van der Waals surface area contributed by atoms with Crippen molar-refractivity contribution >= 4 is 11.9 Å². The Hall–Kier alpha value is -1.89. The summed E-state index contributed by atoms with van der Waals surface area (Å²) in [4.78, 5) is 28.5. The molecule has 0 saturated heterocycles. The molecule has 1 aromatic rings. The molecule has 1 rings (SSSR count). The maximum Gasteiger partial charge on any atom is 0.308 e. The van der Waals surface area contributed by atoms with E-state index in [9.17, 15) is 9.59 Å². The summed E-state index contributed by atoms with van der Waals surface area (Å²) in [7, 11) is 0. The van der Waals surface area contributed by atoms with Crippen LogP contribution in [0.15, 0.2) is 12.5 Å². The number of imidazole rings is 1. The summed E-state index contributed by atoms with van der Waals surface area (Å²) < 4.78 is 1.74. The van der Waals surface area contributed by atoms with Gasteiger partial charge in [-0.3, -0.25) is 9.59 Å². The Labute approximate surface area is 112 Å². The molecule has 0 spiro atoms. The van der Waals surface area contributed by atoms with E-state index >= 15 is 0 Å². The summed E-state index contributed by atoms with van der Waals surface area (Å²) >= 11 is 0. The average Bonchev–Trinajstić information content (AvgIpc) is 2.83. The van der Waals surface area contributed by atoms with Crippen molar-refractivity contribution in [3.8, 4) is 0 Å². The number of hydrogen-bond acceptors (Lipinski definition) is 4. The lowest BCUT2D eigenvalue weighted by molar-refractivity contribution is -0.141. The highest BCUT2D eigenvalue weighted by atomic mass is 16.4. The fourth-order valence-electron chi connectivity index (χ4n) is 1.67. The molecule has 0 aliphatic heterocycles. The first-order chi connectivity index (χ1) is 8.99. The van der Waals surface area contributed by atoms with E-state index in [0.29, 0.717) is 25.3 Å². The topological polar surface area (TPSA) is 101 Å². The first-order valence-corrected chi connectivity index (χ1v) is 6.23. The van der Waals surface area contributed by atoms with Crippen LogP contribution >= 0.6 is 0 Å². The third-order valence-electron chi connectivity index (χ3n) is 2.82. The predicted octanol–water partition coefficient (Wildman–Crippen LogP) is 0.0246. The van der Waals surface area contributed by atoms with Gasteiger partial charge in [0.25, 0.3) is 5.91 Å². The van der Waals surface area contributed by atoms with Gasteiger partial charge in [0.15, 0.2) is 0 Å². The molecule has 1 amide bonds. The van der Waals surface area contributed by atoms with Crippen molar-refractivity contribution in [3.05, 3.63) is 18.2 Å². The van der Waals surface area contributed by atoms with Gasteiger partial charge in [-0.1, -0.05) is 6.92 Å². The Balaban J connectivity index is 2.74. The van der Waals surface area contributed by atoms with Crippen molar-refractivity contribution in [2.45, 2.75) is 20.4 Å². The van der Waals surface area contributed by atoms with Crippen molar-refractivity contribution in [1.29, 1.82) is 0 Å². The molecule has 3 N–H and O–H groups in total. The quantitative estimate of drug-likeness (QED) is 0.726. The predicted molar refractivity (Wildman–Crippen MR) is 69.7 cm³/mol. The van der Waals surface area contributed by atoms with Crippen molar-refractivity contribution in [2.24, 2.45) is 11.7 Å². The van der Waals surface area contributed by atoms with Gasteiger partial charge in [0.05, 0.1) is 12.2 Å². The molecule has 7 heteroatoms. The van der Waals surface area contributed by atoms with Crippen molar-refractivity contribution < 1.29 is 14.7 Å². The minimum atomic E-state index is -0.917. The SMILES string of the molecule is CCN(CC(C)C(=O)O)C(=O)c1cn(CCN)cn1. The molecule has 7 nitrogen and oxygen atoms in total. The summed E-state index contributed by atoms with van der Waals surface area (Å²) in [5.41, 5.74) is 5.73. The van der Waals surface area contributed by atoms with Crippen LogP contribution in [-0.2, 0) is 11.3 Å². The van der Waals surface area contributed by atoms with E-state index in [1.165, 1.54) is 4.90 Å². The fraction of sp³-hybridized carbons (Fsp3) is 0.583. The largest absolute Gasteiger partial charge is 0.481 e. The highest BCUT2D eigenvalue weighted by Crippen LogP contribution is 2.06. The Morgan fingerprint density at radius 2 is 2.26 bits per heavy atom. The van der Waals surface area contributed by atoms with E-state index < -0.39 is 11.9 Å². The van der Waals surface area contributed by atoms with Crippen LogP contribution < -0.4 is 5.73 Å². The van der Waals surface area contributed by atoms with Crippen LogP contribution in [0.5, 0.6) is 0 Å². The summed E-state index contributed by atoms with van der Waals surface area (Å²) in [6, 6.07) is 0. The van der Waals surface area contributed by atoms with Crippen LogP contribution in [0, 0.1) is 5.92 Å². The molecule has 1 atom stereocenters. The number of carboxylic acid groups (broad SMARTS) is 1. The van der Waals surface area contributed by atoms with Crippen LogP contribution in [0.1, 0.15) is 24.3 Å². The molecule has 0 fully saturated rings. The van der Waals surface area contributed by atoms with Gasteiger partial charge in [-0.15, -0.1) is 0 Å². The molecule has 0 aliphatic carbocycles. The lowest BCUT2D eigenvalue weighted by Crippen LogP contribution is -2.37. The van der Waals surface area contributed by atoms with E-state index in [1.54, 1.807) is 24.0 Å². The molecule has 1 heterocycles. The second-order valence-corrected chi connectivity index (χ2v) is 4.37. The van der Waals surface area contributed by atoms with E-state index in [2.05, 4.69) is 4.98 Å². The fourth-order valence-corrected chi connectivity index (χ4v) is 1.67. The van der Waals surface area contributed by atoms with Gasteiger partial charge in [-0.05, 0) is 6.92 Å². The third kappa shape index (κ3) is 4.06. The second kappa shape index (κ2) is 6.89. The monoisotopic (exact) mass is 268 g/mol. The van der Waals surface area contributed by atoms with Crippen LogP contribution in [0.2, 0.25) is 0 Å². The molecule has 1 aromatic heterocycles. The van der Waals surface area contributed by atoms with E-state index in [0.717, 1.165) is 0 Å². The normalized spacial score (nSPS) is 12.2. The summed E-state index contributed by atoms with van der Waals surface area (Å²) in [5.74, 6) is -1.78. The number of carbonyl (C=O) groups excluding carboxylic acids is 1. The molecule has 106 valence electrons. The molecule has 0 bridgehead atoms. The van der Waals surface area contributed by atoms with E-state index in [1.807, 2.05) is 6.92 Å². The summed E-state index contributed by atoms with van der Waals surface area (Å²) in [6.07, 6.45) is 3.18. The van der Waals surface area contributed by atoms with E-state index in [4.69, 9.17) is 10.8 Å². The first kappa shape index (κ1) is 15.2. The number of hydrogen-bond donors (Lipinski definition) is 2.